The second-order valence-corrected chi connectivity index (χ2v) is 4.16. The summed E-state index contributed by atoms with van der Waals surface area (Å²) >= 11 is 0. The lowest BCUT2D eigenvalue weighted by Crippen LogP contribution is -2.36. The summed E-state index contributed by atoms with van der Waals surface area (Å²) in [5.41, 5.74) is 2.05. The smallest absolute Gasteiger partial charge is 0.320 e. The highest BCUT2D eigenvalue weighted by molar-refractivity contribution is 5.73. The molecule has 1 heterocycles. The molecule has 0 bridgehead atoms. The zero-order valence-corrected chi connectivity index (χ0v) is 10.7. The largest absolute Gasteiger partial charge is 0.480 e. The second kappa shape index (κ2) is 6.39. The first-order chi connectivity index (χ1) is 8.08. The average molecular weight is 239 g/mol. The fourth-order valence-corrected chi connectivity index (χ4v) is 1.74. The van der Waals surface area contributed by atoms with E-state index in [0.29, 0.717) is 13.0 Å². The van der Waals surface area contributed by atoms with E-state index < -0.39 is 12.0 Å². The molecule has 0 fully saturated rings. The Kier molecular flexibility index (Phi) is 5.15. The molecule has 1 aromatic rings. The van der Waals surface area contributed by atoms with Crippen LogP contribution in [0.25, 0.3) is 0 Å². The first kappa shape index (κ1) is 13.7. The van der Waals surface area contributed by atoms with Crippen molar-refractivity contribution in [2.45, 2.75) is 45.7 Å². The van der Waals surface area contributed by atoms with Gasteiger partial charge in [0.1, 0.15) is 6.04 Å². The van der Waals surface area contributed by atoms with Crippen LogP contribution in [0, 0.1) is 0 Å². The fourth-order valence-electron chi connectivity index (χ4n) is 1.74. The van der Waals surface area contributed by atoms with E-state index in [4.69, 9.17) is 5.11 Å². The van der Waals surface area contributed by atoms with Crippen molar-refractivity contribution in [1.29, 1.82) is 0 Å². The van der Waals surface area contributed by atoms with Crippen LogP contribution >= 0.6 is 0 Å². The van der Waals surface area contributed by atoms with Crippen LogP contribution in [-0.4, -0.2) is 26.9 Å². The van der Waals surface area contributed by atoms with Crippen molar-refractivity contribution in [1.82, 2.24) is 15.1 Å². The van der Waals surface area contributed by atoms with Crippen molar-refractivity contribution in [2.24, 2.45) is 7.05 Å². The number of aryl methyl sites for hydroxylation is 2. The summed E-state index contributed by atoms with van der Waals surface area (Å²) in [5.74, 6) is -0.787. The minimum absolute atomic E-state index is 0.472. The standard InChI is InChI=1S/C12H21N3O2/c1-4-6-11(12(16)17)13-8-10-7-9(5-2)14-15(10)3/h7,11,13H,4-6,8H2,1-3H3,(H,16,17). The first-order valence-electron chi connectivity index (χ1n) is 6.06. The number of carbonyl (C=O) groups is 1. The van der Waals surface area contributed by atoms with Crippen molar-refractivity contribution in [3.05, 3.63) is 17.5 Å². The highest BCUT2D eigenvalue weighted by Crippen LogP contribution is 2.05. The summed E-state index contributed by atoms with van der Waals surface area (Å²) in [4.78, 5) is 11.0. The van der Waals surface area contributed by atoms with Gasteiger partial charge in [0, 0.05) is 13.6 Å². The minimum atomic E-state index is -0.787. The molecule has 0 radical (unpaired) electrons. The number of aliphatic carboxylic acids is 1. The van der Waals surface area contributed by atoms with Crippen LogP contribution in [0.5, 0.6) is 0 Å². The predicted octanol–water partition coefficient (Wildman–Crippen LogP) is 1.33. The third-order valence-corrected chi connectivity index (χ3v) is 2.79. The number of hydrogen-bond donors (Lipinski definition) is 2. The second-order valence-electron chi connectivity index (χ2n) is 4.16. The quantitative estimate of drug-likeness (QED) is 0.753. The van der Waals surface area contributed by atoms with Crippen LogP contribution in [0.1, 0.15) is 38.1 Å². The van der Waals surface area contributed by atoms with Crippen LogP contribution in [-0.2, 0) is 24.8 Å². The van der Waals surface area contributed by atoms with Crippen LogP contribution in [0.4, 0.5) is 0 Å². The molecule has 1 rings (SSSR count). The summed E-state index contributed by atoms with van der Waals surface area (Å²) in [6.45, 7) is 4.58. The van der Waals surface area contributed by atoms with E-state index in [1.807, 2.05) is 20.0 Å². The molecule has 17 heavy (non-hydrogen) atoms. The Morgan fingerprint density at radius 1 is 1.59 bits per heavy atom. The van der Waals surface area contributed by atoms with Crippen molar-refractivity contribution < 1.29 is 9.90 Å². The molecule has 0 aliphatic heterocycles. The van der Waals surface area contributed by atoms with Crippen LogP contribution in [0.15, 0.2) is 6.07 Å². The van der Waals surface area contributed by atoms with Gasteiger partial charge in [-0.25, -0.2) is 0 Å². The average Bonchev–Trinajstić information content (AvgIpc) is 2.65. The number of carboxylic acid groups (broad SMARTS) is 1. The summed E-state index contributed by atoms with van der Waals surface area (Å²) in [6, 6.07) is 1.54. The third-order valence-electron chi connectivity index (χ3n) is 2.79. The maximum atomic E-state index is 11.0. The van der Waals surface area contributed by atoms with Gasteiger partial charge in [-0.2, -0.15) is 5.10 Å². The number of carboxylic acids is 1. The molecule has 0 saturated carbocycles. The van der Waals surface area contributed by atoms with Crippen molar-refractivity contribution in [3.8, 4) is 0 Å². The van der Waals surface area contributed by atoms with Gasteiger partial charge in [-0.1, -0.05) is 20.3 Å². The van der Waals surface area contributed by atoms with E-state index in [9.17, 15) is 4.79 Å². The molecule has 1 atom stereocenters. The SMILES string of the molecule is CCCC(NCc1cc(CC)nn1C)C(=O)O. The third kappa shape index (κ3) is 3.85. The number of nitrogens with zero attached hydrogens (tertiary/aromatic N) is 2. The number of aromatic nitrogens is 2. The molecule has 0 spiro atoms. The molecule has 2 N–H and O–H groups in total. The van der Waals surface area contributed by atoms with Gasteiger partial charge in [-0.3, -0.25) is 14.8 Å². The summed E-state index contributed by atoms with van der Waals surface area (Å²) in [7, 11) is 1.88. The summed E-state index contributed by atoms with van der Waals surface area (Å²) < 4.78 is 1.80. The van der Waals surface area contributed by atoms with Crippen LogP contribution in [0.2, 0.25) is 0 Å². The van der Waals surface area contributed by atoms with E-state index >= 15 is 0 Å². The van der Waals surface area contributed by atoms with Crippen molar-refractivity contribution in [3.63, 3.8) is 0 Å². The monoisotopic (exact) mass is 239 g/mol. The van der Waals surface area contributed by atoms with Gasteiger partial charge in [0.2, 0.25) is 0 Å². The van der Waals surface area contributed by atoms with Crippen molar-refractivity contribution >= 4 is 5.97 Å². The van der Waals surface area contributed by atoms with Gasteiger partial charge >= 0.3 is 5.97 Å². The maximum Gasteiger partial charge on any atom is 0.320 e. The molecule has 0 aromatic carbocycles. The van der Waals surface area contributed by atoms with Gasteiger partial charge in [-0.05, 0) is 18.9 Å². The molecular formula is C12H21N3O2. The molecule has 0 amide bonds. The molecule has 0 saturated heterocycles. The Bertz CT molecular complexity index is 374. The molecule has 5 heteroatoms. The van der Waals surface area contributed by atoms with Gasteiger partial charge in [0.15, 0.2) is 0 Å². The van der Waals surface area contributed by atoms with Crippen LogP contribution in [0.3, 0.4) is 0 Å². The Morgan fingerprint density at radius 2 is 2.29 bits per heavy atom. The Hall–Kier alpha value is -1.36. The zero-order valence-electron chi connectivity index (χ0n) is 10.7. The molecule has 1 aromatic heterocycles. The first-order valence-corrected chi connectivity index (χ1v) is 6.06. The lowest BCUT2D eigenvalue weighted by atomic mass is 10.1. The molecule has 0 aliphatic carbocycles. The summed E-state index contributed by atoms with van der Waals surface area (Å²) in [6.07, 6.45) is 2.40. The molecule has 0 aliphatic rings. The van der Waals surface area contributed by atoms with Gasteiger partial charge in [0.05, 0.1) is 11.4 Å². The van der Waals surface area contributed by atoms with E-state index in [1.54, 1.807) is 4.68 Å². The fraction of sp³-hybridized carbons (Fsp3) is 0.667. The normalized spacial score (nSPS) is 12.6. The van der Waals surface area contributed by atoms with E-state index in [1.165, 1.54) is 0 Å². The lowest BCUT2D eigenvalue weighted by Gasteiger charge is -2.13. The van der Waals surface area contributed by atoms with Crippen LogP contribution < -0.4 is 5.32 Å². The van der Waals surface area contributed by atoms with Gasteiger partial charge in [0.25, 0.3) is 0 Å². The number of nitrogens with one attached hydrogen (secondary N) is 1. The van der Waals surface area contributed by atoms with Gasteiger partial charge < -0.3 is 5.11 Å². The maximum absolute atomic E-state index is 11.0. The van der Waals surface area contributed by atoms with Crippen molar-refractivity contribution in [2.75, 3.05) is 0 Å². The topological polar surface area (TPSA) is 67.2 Å². The highest BCUT2D eigenvalue weighted by Gasteiger charge is 2.16. The Balaban J connectivity index is 2.58. The molecule has 96 valence electrons. The number of rotatable bonds is 7. The van der Waals surface area contributed by atoms with E-state index in [2.05, 4.69) is 17.3 Å². The summed E-state index contributed by atoms with van der Waals surface area (Å²) in [5, 5.41) is 16.4. The Labute approximate surface area is 102 Å². The molecule has 1 unspecified atom stereocenters. The van der Waals surface area contributed by atoms with E-state index in [-0.39, 0.29) is 0 Å². The molecular weight excluding hydrogens is 218 g/mol. The number of hydrogen-bond acceptors (Lipinski definition) is 3. The zero-order chi connectivity index (χ0) is 12.8. The lowest BCUT2D eigenvalue weighted by molar-refractivity contribution is -0.139. The highest BCUT2D eigenvalue weighted by atomic mass is 16.4. The Morgan fingerprint density at radius 3 is 2.76 bits per heavy atom. The minimum Gasteiger partial charge on any atom is -0.480 e. The molecule has 5 nitrogen and oxygen atoms in total. The van der Waals surface area contributed by atoms with Gasteiger partial charge in [-0.15, -0.1) is 0 Å². The predicted molar refractivity (Wildman–Crippen MR) is 65.8 cm³/mol. The van der Waals surface area contributed by atoms with E-state index in [0.717, 1.165) is 24.2 Å².